The van der Waals surface area contributed by atoms with Gasteiger partial charge in [0.2, 0.25) is 0 Å². The SMILES string of the molecule is COC(=O)[C@H](C)[C@H]1CC[C@H](C)[C@H]2CC[C@@H](O)C[C@H]21. The standard InChI is InChI=1S/C15H26O3/c1-9-4-6-13(10(2)15(17)18-3)14-8-11(16)5-7-12(9)14/h9-14,16H,4-8H2,1-3H3/t9-,10+,11+,12+,13+,14+/m0/s1. The third kappa shape index (κ3) is 2.56. The highest BCUT2D eigenvalue weighted by Gasteiger charge is 2.44. The fourth-order valence-electron chi connectivity index (χ4n) is 4.27. The van der Waals surface area contributed by atoms with Crippen LogP contribution in [-0.4, -0.2) is 24.3 Å². The van der Waals surface area contributed by atoms with Gasteiger partial charge in [0, 0.05) is 0 Å². The molecular weight excluding hydrogens is 228 g/mol. The molecule has 0 aromatic rings. The van der Waals surface area contributed by atoms with Crippen LogP contribution in [0.4, 0.5) is 0 Å². The first kappa shape index (κ1) is 13.9. The van der Waals surface area contributed by atoms with E-state index in [9.17, 15) is 9.90 Å². The number of carbonyl (C=O) groups is 1. The second-order valence-electron chi connectivity index (χ2n) is 6.32. The Kier molecular flexibility index (Phi) is 4.31. The number of aliphatic hydroxyl groups excluding tert-OH is 1. The molecule has 0 bridgehead atoms. The molecule has 0 saturated heterocycles. The molecule has 6 atom stereocenters. The molecule has 0 heterocycles. The third-order valence-electron chi connectivity index (χ3n) is 5.38. The highest BCUT2D eigenvalue weighted by molar-refractivity contribution is 5.72. The van der Waals surface area contributed by atoms with Crippen LogP contribution in [0.25, 0.3) is 0 Å². The molecule has 0 unspecified atom stereocenters. The molecule has 104 valence electrons. The lowest BCUT2D eigenvalue weighted by Gasteiger charge is -2.47. The molecule has 2 saturated carbocycles. The zero-order valence-electron chi connectivity index (χ0n) is 11.8. The van der Waals surface area contributed by atoms with Gasteiger partial charge < -0.3 is 9.84 Å². The third-order valence-corrected chi connectivity index (χ3v) is 5.38. The van der Waals surface area contributed by atoms with Crippen molar-refractivity contribution in [1.82, 2.24) is 0 Å². The number of rotatable bonds is 2. The van der Waals surface area contributed by atoms with Crippen LogP contribution < -0.4 is 0 Å². The second kappa shape index (κ2) is 5.60. The highest BCUT2D eigenvalue weighted by Crippen LogP contribution is 2.49. The normalized spacial score (nSPS) is 41.9. The van der Waals surface area contributed by atoms with Gasteiger partial charge in [-0.3, -0.25) is 4.79 Å². The topological polar surface area (TPSA) is 46.5 Å². The van der Waals surface area contributed by atoms with Crippen molar-refractivity contribution >= 4 is 5.97 Å². The van der Waals surface area contributed by atoms with E-state index < -0.39 is 0 Å². The number of esters is 1. The van der Waals surface area contributed by atoms with E-state index in [1.807, 2.05) is 6.92 Å². The largest absolute Gasteiger partial charge is 0.469 e. The predicted molar refractivity (Wildman–Crippen MR) is 69.9 cm³/mol. The van der Waals surface area contributed by atoms with Crippen LogP contribution in [0.1, 0.15) is 46.0 Å². The van der Waals surface area contributed by atoms with Crippen molar-refractivity contribution in [2.24, 2.45) is 29.6 Å². The van der Waals surface area contributed by atoms with Crippen molar-refractivity contribution < 1.29 is 14.6 Å². The lowest BCUT2D eigenvalue weighted by Crippen LogP contribution is -2.43. The van der Waals surface area contributed by atoms with Gasteiger partial charge in [0.1, 0.15) is 0 Å². The summed E-state index contributed by atoms with van der Waals surface area (Å²) >= 11 is 0. The monoisotopic (exact) mass is 254 g/mol. The molecule has 3 heteroatoms. The second-order valence-corrected chi connectivity index (χ2v) is 6.32. The van der Waals surface area contributed by atoms with E-state index in [2.05, 4.69) is 6.92 Å². The summed E-state index contributed by atoms with van der Waals surface area (Å²) in [5, 5.41) is 9.91. The van der Waals surface area contributed by atoms with Crippen molar-refractivity contribution in [2.45, 2.75) is 52.1 Å². The lowest BCUT2D eigenvalue weighted by atomic mass is 9.58. The molecule has 0 aliphatic heterocycles. The Balaban J connectivity index is 2.12. The number of carbonyl (C=O) groups excluding carboxylic acids is 1. The lowest BCUT2D eigenvalue weighted by molar-refractivity contribution is -0.150. The van der Waals surface area contributed by atoms with Crippen LogP contribution in [0, 0.1) is 29.6 Å². The summed E-state index contributed by atoms with van der Waals surface area (Å²) < 4.78 is 4.90. The van der Waals surface area contributed by atoms with E-state index >= 15 is 0 Å². The van der Waals surface area contributed by atoms with Gasteiger partial charge in [-0.1, -0.05) is 20.3 Å². The summed E-state index contributed by atoms with van der Waals surface area (Å²) in [5.41, 5.74) is 0. The average molecular weight is 254 g/mol. The Bertz CT molecular complexity index is 302. The van der Waals surface area contributed by atoms with E-state index in [1.54, 1.807) is 0 Å². The molecule has 2 aliphatic rings. The Morgan fingerprint density at radius 1 is 1.22 bits per heavy atom. The van der Waals surface area contributed by atoms with E-state index in [-0.39, 0.29) is 18.0 Å². The molecule has 3 nitrogen and oxygen atoms in total. The number of hydrogen-bond acceptors (Lipinski definition) is 3. The summed E-state index contributed by atoms with van der Waals surface area (Å²) in [6.07, 6.45) is 5.08. The summed E-state index contributed by atoms with van der Waals surface area (Å²) in [7, 11) is 1.47. The summed E-state index contributed by atoms with van der Waals surface area (Å²) in [6, 6.07) is 0. The summed E-state index contributed by atoms with van der Waals surface area (Å²) in [6.45, 7) is 4.32. The first-order valence-corrected chi connectivity index (χ1v) is 7.30. The molecule has 2 rings (SSSR count). The Morgan fingerprint density at radius 2 is 1.94 bits per heavy atom. The summed E-state index contributed by atoms with van der Waals surface area (Å²) in [4.78, 5) is 11.8. The van der Waals surface area contributed by atoms with Gasteiger partial charge in [-0.15, -0.1) is 0 Å². The van der Waals surface area contributed by atoms with Crippen molar-refractivity contribution in [1.29, 1.82) is 0 Å². The quantitative estimate of drug-likeness (QED) is 0.771. The van der Waals surface area contributed by atoms with Gasteiger partial charge in [-0.05, 0) is 49.4 Å². The number of methoxy groups -OCH3 is 1. The minimum absolute atomic E-state index is 0.0275. The highest BCUT2D eigenvalue weighted by atomic mass is 16.5. The average Bonchev–Trinajstić information content (AvgIpc) is 2.37. The molecule has 0 aromatic heterocycles. The maximum atomic E-state index is 11.8. The van der Waals surface area contributed by atoms with Crippen molar-refractivity contribution in [3.63, 3.8) is 0 Å². The van der Waals surface area contributed by atoms with Crippen LogP contribution in [0.2, 0.25) is 0 Å². The molecule has 0 aromatic carbocycles. The zero-order valence-corrected chi connectivity index (χ0v) is 11.8. The maximum Gasteiger partial charge on any atom is 0.308 e. The van der Waals surface area contributed by atoms with Gasteiger partial charge in [0.25, 0.3) is 0 Å². The molecule has 1 N–H and O–H groups in total. The van der Waals surface area contributed by atoms with Gasteiger partial charge in [-0.25, -0.2) is 0 Å². The van der Waals surface area contributed by atoms with Crippen molar-refractivity contribution in [2.75, 3.05) is 7.11 Å². The summed E-state index contributed by atoms with van der Waals surface area (Å²) in [5.74, 6) is 2.22. The smallest absolute Gasteiger partial charge is 0.308 e. The van der Waals surface area contributed by atoms with Crippen LogP contribution in [0.3, 0.4) is 0 Å². The minimum atomic E-state index is -0.163. The van der Waals surface area contributed by atoms with Gasteiger partial charge >= 0.3 is 5.97 Å². The molecule has 18 heavy (non-hydrogen) atoms. The number of fused-ring (bicyclic) bond motifs is 1. The van der Waals surface area contributed by atoms with E-state index in [4.69, 9.17) is 4.74 Å². The fraction of sp³-hybridized carbons (Fsp3) is 0.933. The Morgan fingerprint density at radius 3 is 2.61 bits per heavy atom. The first-order chi connectivity index (χ1) is 8.54. The predicted octanol–water partition coefficient (Wildman–Crippen LogP) is 2.62. The minimum Gasteiger partial charge on any atom is -0.469 e. The van der Waals surface area contributed by atoms with Gasteiger partial charge in [0.15, 0.2) is 0 Å². The molecule has 2 fully saturated rings. The molecule has 2 aliphatic carbocycles. The van der Waals surface area contributed by atoms with Gasteiger partial charge in [0.05, 0.1) is 19.1 Å². The number of ether oxygens (including phenoxy) is 1. The number of aliphatic hydroxyl groups is 1. The fourth-order valence-corrected chi connectivity index (χ4v) is 4.27. The molecule has 0 amide bonds. The molecule has 0 radical (unpaired) electrons. The van der Waals surface area contributed by atoms with Crippen LogP contribution in [0.15, 0.2) is 0 Å². The van der Waals surface area contributed by atoms with Crippen molar-refractivity contribution in [3.05, 3.63) is 0 Å². The number of hydrogen-bond donors (Lipinski definition) is 1. The van der Waals surface area contributed by atoms with E-state index in [0.29, 0.717) is 17.8 Å². The van der Waals surface area contributed by atoms with E-state index in [0.717, 1.165) is 31.6 Å². The molecular formula is C15H26O3. The van der Waals surface area contributed by atoms with E-state index in [1.165, 1.54) is 13.5 Å². The van der Waals surface area contributed by atoms with Crippen LogP contribution >= 0.6 is 0 Å². The Labute approximate surface area is 110 Å². The first-order valence-electron chi connectivity index (χ1n) is 7.30. The zero-order chi connectivity index (χ0) is 13.3. The molecule has 0 spiro atoms. The van der Waals surface area contributed by atoms with Crippen LogP contribution in [0.5, 0.6) is 0 Å². The maximum absolute atomic E-state index is 11.8. The van der Waals surface area contributed by atoms with Crippen LogP contribution in [-0.2, 0) is 9.53 Å². The van der Waals surface area contributed by atoms with Gasteiger partial charge in [-0.2, -0.15) is 0 Å². The Hall–Kier alpha value is -0.570. The van der Waals surface area contributed by atoms with Crippen molar-refractivity contribution in [3.8, 4) is 0 Å².